The van der Waals surface area contributed by atoms with Crippen LogP contribution in [0, 0.1) is 18.3 Å². The maximum Gasteiger partial charge on any atom is 0.217 e. The number of hydrogen-bond donors (Lipinski definition) is 0. The van der Waals surface area contributed by atoms with Crippen molar-refractivity contribution in [2.24, 2.45) is 0 Å². The number of para-hydroxylation sites is 1. The number of benzene rings is 1. The predicted octanol–water partition coefficient (Wildman–Crippen LogP) is 3.55. The smallest absolute Gasteiger partial charge is 0.217 e. The number of nitrogens with zero attached hydrogens (tertiary/aromatic N) is 4. The van der Waals surface area contributed by atoms with Crippen LogP contribution in [0.2, 0.25) is 0 Å². The molecule has 3 rings (SSSR count). The quantitative estimate of drug-likeness (QED) is 0.694. The Hall–Kier alpha value is -2.32. The van der Waals surface area contributed by atoms with Crippen molar-refractivity contribution in [2.75, 3.05) is 0 Å². The molecule has 0 bridgehead atoms. The highest BCUT2D eigenvalue weighted by atomic mass is 35.5. The number of alkyl halides is 1. The van der Waals surface area contributed by atoms with Crippen LogP contribution in [-0.2, 0) is 5.88 Å². The fraction of sp³-hybridized carbons (Fsp3) is 0.267. The van der Waals surface area contributed by atoms with Gasteiger partial charge in [-0.05, 0) is 26.0 Å². The van der Waals surface area contributed by atoms with E-state index in [9.17, 15) is 5.26 Å². The van der Waals surface area contributed by atoms with E-state index in [1.165, 1.54) is 0 Å². The molecule has 0 saturated heterocycles. The zero-order valence-corrected chi connectivity index (χ0v) is 12.4. The Kier molecular flexibility index (Phi) is 3.40. The molecule has 5 nitrogen and oxygen atoms in total. The van der Waals surface area contributed by atoms with Crippen LogP contribution in [-0.4, -0.2) is 14.5 Å². The van der Waals surface area contributed by atoms with Crippen molar-refractivity contribution in [1.29, 1.82) is 5.26 Å². The van der Waals surface area contributed by atoms with Crippen molar-refractivity contribution in [3.8, 4) is 6.07 Å². The maximum atomic E-state index is 9.20. The average Bonchev–Trinajstić information content (AvgIpc) is 3.09. The Bertz CT molecular complexity index is 843. The summed E-state index contributed by atoms with van der Waals surface area (Å²) in [6.45, 7) is 3.83. The minimum atomic E-state index is -0.147. The zero-order chi connectivity index (χ0) is 15.0. The molecule has 0 spiro atoms. The van der Waals surface area contributed by atoms with Crippen molar-refractivity contribution in [2.45, 2.75) is 25.8 Å². The lowest BCUT2D eigenvalue weighted by atomic mass is 10.2. The highest BCUT2D eigenvalue weighted by Crippen LogP contribution is 2.28. The second kappa shape index (κ2) is 5.23. The Morgan fingerprint density at radius 2 is 2.29 bits per heavy atom. The maximum absolute atomic E-state index is 9.20. The van der Waals surface area contributed by atoms with Gasteiger partial charge in [0.25, 0.3) is 0 Å². The first-order chi connectivity index (χ1) is 10.2. The van der Waals surface area contributed by atoms with Crippen molar-refractivity contribution in [3.63, 3.8) is 0 Å². The van der Waals surface area contributed by atoms with Gasteiger partial charge < -0.3 is 8.98 Å². The Morgan fingerprint density at radius 3 is 2.90 bits per heavy atom. The van der Waals surface area contributed by atoms with Crippen LogP contribution in [0.5, 0.6) is 0 Å². The van der Waals surface area contributed by atoms with Crippen LogP contribution in [0.1, 0.15) is 36.0 Å². The SMILES string of the molecule is Cc1cnc(C(C)n2c(CCl)nc3c(C#N)cccc32)o1. The highest BCUT2D eigenvalue weighted by molar-refractivity contribution is 6.16. The van der Waals surface area contributed by atoms with Crippen LogP contribution >= 0.6 is 11.6 Å². The van der Waals surface area contributed by atoms with Crippen LogP contribution in [0.4, 0.5) is 0 Å². The second-order valence-corrected chi connectivity index (χ2v) is 5.07. The largest absolute Gasteiger partial charge is 0.444 e. The second-order valence-electron chi connectivity index (χ2n) is 4.80. The van der Waals surface area contributed by atoms with Crippen molar-refractivity contribution < 1.29 is 4.42 Å². The van der Waals surface area contributed by atoms with Gasteiger partial charge in [-0.25, -0.2) is 9.97 Å². The third kappa shape index (κ3) is 2.18. The number of fused-ring (bicyclic) bond motifs is 1. The molecular formula is C15H13ClN4O. The summed E-state index contributed by atoms with van der Waals surface area (Å²) in [6, 6.07) is 7.52. The fourth-order valence-corrected chi connectivity index (χ4v) is 2.65. The standard InChI is InChI=1S/C15H13ClN4O/c1-9-8-18-15(21-9)10(2)20-12-5-3-4-11(7-17)14(12)19-13(20)6-16/h3-5,8,10H,6H2,1-2H3. The molecule has 0 amide bonds. The van der Waals surface area contributed by atoms with Gasteiger partial charge in [-0.2, -0.15) is 5.26 Å². The lowest BCUT2D eigenvalue weighted by molar-refractivity contribution is 0.415. The van der Waals surface area contributed by atoms with Gasteiger partial charge in [-0.1, -0.05) is 6.07 Å². The molecule has 0 aliphatic heterocycles. The van der Waals surface area contributed by atoms with E-state index in [1.807, 2.05) is 30.5 Å². The molecule has 106 valence electrons. The third-order valence-corrected chi connectivity index (χ3v) is 3.66. The van der Waals surface area contributed by atoms with Gasteiger partial charge in [-0.3, -0.25) is 0 Å². The minimum Gasteiger partial charge on any atom is -0.444 e. The zero-order valence-electron chi connectivity index (χ0n) is 11.7. The van der Waals surface area contributed by atoms with Crippen LogP contribution in [0.3, 0.4) is 0 Å². The molecule has 0 fully saturated rings. The summed E-state index contributed by atoms with van der Waals surface area (Å²) in [7, 11) is 0. The van der Waals surface area contributed by atoms with E-state index in [0.717, 1.165) is 11.3 Å². The summed E-state index contributed by atoms with van der Waals surface area (Å²) in [6.07, 6.45) is 1.69. The van der Waals surface area contributed by atoms with Gasteiger partial charge in [-0.15, -0.1) is 11.6 Å². The van der Waals surface area contributed by atoms with E-state index in [-0.39, 0.29) is 11.9 Å². The van der Waals surface area contributed by atoms with Gasteiger partial charge in [0.1, 0.15) is 29.2 Å². The molecular weight excluding hydrogens is 288 g/mol. The summed E-state index contributed by atoms with van der Waals surface area (Å²) < 4.78 is 7.57. The van der Waals surface area contributed by atoms with Crippen LogP contribution < -0.4 is 0 Å². The number of rotatable bonds is 3. The van der Waals surface area contributed by atoms with Crippen molar-refractivity contribution in [3.05, 3.63) is 47.4 Å². The molecule has 0 aliphatic carbocycles. The number of imidazole rings is 1. The number of oxazole rings is 1. The molecule has 0 N–H and O–H groups in total. The van der Waals surface area contributed by atoms with Gasteiger partial charge >= 0.3 is 0 Å². The Labute approximate surface area is 126 Å². The van der Waals surface area contributed by atoms with Crippen molar-refractivity contribution in [1.82, 2.24) is 14.5 Å². The molecule has 0 aliphatic rings. The molecule has 6 heteroatoms. The van der Waals surface area contributed by atoms with E-state index in [1.54, 1.807) is 12.3 Å². The monoisotopic (exact) mass is 300 g/mol. The molecule has 0 saturated carbocycles. The molecule has 21 heavy (non-hydrogen) atoms. The summed E-state index contributed by atoms with van der Waals surface area (Å²) in [4.78, 5) is 8.77. The van der Waals surface area contributed by atoms with E-state index < -0.39 is 0 Å². The van der Waals surface area contributed by atoms with E-state index >= 15 is 0 Å². The van der Waals surface area contributed by atoms with Crippen LogP contribution in [0.25, 0.3) is 11.0 Å². The molecule has 3 aromatic rings. The molecule has 0 radical (unpaired) electrons. The average molecular weight is 301 g/mol. The number of halogens is 1. The first-order valence-electron chi connectivity index (χ1n) is 6.54. The summed E-state index contributed by atoms with van der Waals surface area (Å²) in [5.41, 5.74) is 2.05. The van der Waals surface area contributed by atoms with Gasteiger partial charge in [0.05, 0.1) is 23.2 Å². The predicted molar refractivity (Wildman–Crippen MR) is 79.1 cm³/mol. The molecule has 1 aromatic carbocycles. The fourth-order valence-electron chi connectivity index (χ4n) is 2.46. The van der Waals surface area contributed by atoms with Crippen LogP contribution in [0.15, 0.2) is 28.8 Å². The molecule has 1 atom stereocenters. The summed E-state index contributed by atoms with van der Waals surface area (Å²) in [5.74, 6) is 2.30. The van der Waals surface area contributed by atoms with Gasteiger partial charge in [0.2, 0.25) is 5.89 Å². The van der Waals surface area contributed by atoms with E-state index in [2.05, 4.69) is 16.0 Å². The van der Waals surface area contributed by atoms with E-state index in [4.69, 9.17) is 16.0 Å². The number of aromatic nitrogens is 3. The molecule has 2 heterocycles. The van der Waals surface area contributed by atoms with E-state index in [0.29, 0.717) is 22.8 Å². The lowest BCUT2D eigenvalue weighted by Gasteiger charge is -2.13. The number of nitriles is 1. The Morgan fingerprint density at radius 1 is 1.48 bits per heavy atom. The van der Waals surface area contributed by atoms with Crippen molar-refractivity contribution >= 4 is 22.6 Å². The third-order valence-electron chi connectivity index (χ3n) is 3.42. The van der Waals surface area contributed by atoms with Gasteiger partial charge in [0, 0.05) is 0 Å². The molecule has 2 aromatic heterocycles. The minimum absolute atomic E-state index is 0.147. The Balaban J connectivity index is 2.24. The highest BCUT2D eigenvalue weighted by Gasteiger charge is 2.21. The lowest BCUT2D eigenvalue weighted by Crippen LogP contribution is -2.10. The summed E-state index contributed by atoms with van der Waals surface area (Å²) >= 11 is 6.02. The first-order valence-corrected chi connectivity index (χ1v) is 7.07. The molecule has 1 unspecified atom stereocenters. The summed E-state index contributed by atoms with van der Waals surface area (Å²) in [5, 5.41) is 9.20. The number of aryl methyl sites for hydroxylation is 1. The number of hydrogen-bond acceptors (Lipinski definition) is 4. The first kappa shape index (κ1) is 13.7. The topological polar surface area (TPSA) is 67.6 Å². The van der Waals surface area contributed by atoms with Gasteiger partial charge in [0.15, 0.2) is 0 Å². The normalized spacial score (nSPS) is 12.5.